The van der Waals surface area contributed by atoms with Gasteiger partial charge in [-0.15, -0.1) is 0 Å². The fourth-order valence-corrected chi connectivity index (χ4v) is 13.7. The number of carbonyl (C=O) groups is 3. The van der Waals surface area contributed by atoms with Gasteiger partial charge >= 0.3 is 11.9 Å². The molecule has 0 bridgehead atoms. The summed E-state index contributed by atoms with van der Waals surface area (Å²) in [5, 5.41) is 64.2. The molecule has 15 nitrogen and oxygen atoms in total. The Kier molecular flexibility index (Phi) is 11.7. The first-order chi connectivity index (χ1) is 27.5. The van der Waals surface area contributed by atoms with Gasteiger partial charge in [-0.1, -0.05) is 47.1 Å². The second kappa shape index (κ2) is 15.3. The van der Waals surface area contributed by atoms with Gasteiger partial charge in [0.15, 0.2) is 24.5 Å². The smallest absolute Gasteiger partial charge is 0.337 e. The number of aliphatic hydroxyl groups excluding tert-OH is 6. The molecule has 2 aliphatic heterocycles. The lowest BCUT2D eigenvalue weighted by atomic mass is 9.33. The number of ether oxygens (including phenoxy) is 6. The molecule has 0 amide bonds. The van der Waals surface area contributed by atoms with E-state index in [4.69, 9.17) is 23.7 Å². The number of aliphatic hydroxyl groups is 6. The molecule has 0 aromatic rings. The fraction of sp³-hybridized carbons (Fsp3) is 0.886. The third kappa shape index (κ3) is 6.70. The van der Waals surface area contributed by atoms with Crippen LogP contribution in [0.15, 0.2) is 11.6 Å². The van der Waals surface area contributed by atoms with Crippen LogP contribution in [0.3, 0.4) is 0 Å². The van der Waals surface area contributed by atoms with Gasteiger partial charge in [-0.3, -0.25) is 9.59 Å². The first-order valence-corrected chi connectivity index (χ1v) is 21.5. The Labute approximate surface area is 347 Å². The standard InChI is InChI=1S/C44H68O15/c1-39(2)25-10-13-44(7)34(23(46)18-21-22-19-41(4,38(53)55-9)15-14-40(22,3)16-17-43(21,44)6)42(25,5)12-11-26(39)57-37-33(29(49)27(47)24(20-45)56-37)59-36-31(51)28(48)30(50)32(58-36)35(52)54-8/h18,22,24-34,36-37,45,47-51H,10-17,19-20H2,1-9H3/t22-,24-,25+,26+,27+,28+,29+,30+,31-,32+,33-,34-,36+,37-,40-,41+,42+,43-,44-/m1/s1. The maximum Gasteiger partial charge on any atom is 0.337 e. The van der Waals surface area contributed by atoms with E-state index >= 15 is 0 Å². The monoisotopic (exact) mass is 836 g/mol. The lowest BCUT2D eigenvalue weighted by Crippen LogP contribution is -2.68. The molecule has 0 radical (unpaired) electrons. The summed E-state index contributed by atoms with van der Waals surface area (Å²) in [6, 6.07) is 0. The number of rotatable bonds is 7. The van der Waals surface area contributed by atoms with Crippen LogP contribution in [0.5, 0.6) is 0 Å². The average molecular weight is 837 g/mol. The van der Waals surface area contributed by atoms with Crippen molar-refractivity contribution in [3.63, 3.8) is 0 Å². The highest BCUT2D eigenvalue weighted by molar-refractivity contribution is 5.95. The molecule has 7 rings (SSSR count). The number of allylic oxidation sites excluding steroid dienone is 2. The van der Waals surface area contributed by atoms with Gasteiger partial charge in [0.25, 0.3) is 0 Å². The summed E-state index contributed by atoms with van der Waals surface area (Å²) in [5.41, 5.74) is -1.00. The number of methoxy groups -OCH3 is 2. The molecular weight excluding hydrogens is 768 g/mol. The molecule has 7 aliphatic rings. The van der Waals surface area contributed by atoms with Gasteiger partial charge in [0.1, 0.15) is 42.7 Å². The van der Waals surface area contributed by atoms with Crippen molar-refractivity contribution in [1.29, 1.82) is 0 Å². The zero-order chi connectivity index (χ0) is 43.4. The van der Waals surface area contributed by atoms with Crippen LogP contribution in [-0.4, -0.2) is 137 Å². The van der Waals surface area contributed by atoms with Crippen molar-refractivity contribution in [3.8, 4) is 0 Å². The Bertz CT molecular complexity index is 1680. The van der Waals surface area contributed by atoms with Crippen molar-refractivity contribution in [3.05, 3.63) is 11.6 Å². The van der Waals surface area contributed by atoms with Gasteiger partial charge < -0.3 is 59.1 Å². The van der Waals surface area contributed by atoms with E-state index in [9.17, 15) is 45.0 Å². The molecule has 5 aliphatic carbocycles. The summed E-state index contributed by atoms with van der Waals surface area (Å²) < 4.78 is 34.3. The van der Waals surface area contributed by atoms with Crippen LogP contribution in [0, 0.1) is 50.2 Å². The molecule has 0 aromatic carbocycles. The summed E-state index contributed by atoms with van der Waals surface area (Å²) in [5.74, 6) is -1.24. The molecule has 0 spiro atoms. The summed E-state index contributed by atoms with van der Waals surface area (Å²) in [6.07, 6.45) is -8.22. The Balaban J connectivity index is 1.16. The molecule has 6 N–H and O–H groups in total. The van der Waals surface area contributed by atoms with Gasteiger partial charge in [-0.25, -0.2) is 4.79 Å². The third-order valence-corrected chi connectivity index (χ3v) is 17.6. The molecule has 19 atom stereocenters. The Hall–Kier alpha value is -2.05. The minimum Gasteiger partial charge on any atom is -0.469 e. The predicted octanol–water partition coefficient (Wildman–Crippen LogP) is 2.33. The molecule has 59 heavy (non-hydrogen) atoms. The van der Waals surface area contributed by atoms with E-state index < -0.39 is 96.3 Å². The first-order valence-electron chi connectivity index (χ1n) is 21.5. The quantitative estimate of drug-likeness (QED) is 0.160. The van der Waals surface area contributed by atoms with Crippen LogP contribution in [0.4, 0.5) is 0 Å². The minimum absolute atomic E-state index is 0.00637. The Morgan fingerprint density at radius 2 is 1.44 bits per heavy atom. The summed E-state index contributed by atoms with van der Waals surface area (Å²) in [4.78, 5) is 40.4. The van der Waals surface area contributed by atoms with Crippen molar-refractivity contribution in [2.75, 3.05) is 20.8 Å². The van der Waals surface area contributed by atoms with Crippen LogP contribution >= 0.6 is 0 Å². The van der Waals surface area contributed by atoms with E-state index in [1.54, 1.807) is 0 Å². The highest BCUT2D eigenvalue weighted by Gasteiger charge is 2.71. The van der Waals surface area contributed by atoms with Gasteiger partial charge in [0.2, 0.25) is 0 Å². The zero-order valence-electron chi connectivity index (χ0n) is 36.1. The van der Waals surface area contributed by atoms with Crippen LogP contribution in [0.2, 0.25) is 0 Å². The number of carbonyl (C=O) groups excluding carboxylic acids is 3. The average Bonchev–Trinajstić information content (AvgIpc) is 3.19. The minimum atomic E-state index is -1.89. The molecule has 0 aromatic heterocycles. The van der Waals surface area contributed by atoms with E-state index in [0.717, 1.165) is 45.6 Å². The van der Waals surface area contributed by atoms with E-state index in [2.05, 4.69) is 46.3 Å². The summed E-state index contributed by atoms with van der Waals surface area (Å²) in [6.45, 7) is 14.9. The number of esters is 2. The first kappa shape index (κ1) is 45.0. The predicted molar refractivity (Wildman–Crippen MR) is 208 cm³/mol. The van der Waals surface area contributed by atoms with Crippen LogP contribution in [0.25, 0.3) is 0 Å². The van der Waals surface area contributed by atoms with Crippen molar-refractivity contribution in [2.24, 2.45) is 50.2 Å². The molecule has 15 heteroatoms. The van der Waals surface area contributed by atoms with Crippen LogP contribution < -0.4 is 0 Å². The van der Waals surface area contributed by atoms with Gasteiger partial charge in [0, 0.05) is 5.92 Å². The van der Waals surface area contributed by atoms with E-state index in [1.165, 1.54) is 12.7 Å². The molecule has 0 unspecified atom stereocenters. The van der Waals surface area contributed by atoms with Crippen LogP contribution in [-0.2, 0) is 42.8 Å². The molecule has 2 heterocycles. The molecule has 2 saturated heterocycles. The van der Waals surface area contributed by atoms with E-state index in [-0.39, 0.29) is 45.8 Å². The summed E-state index contributed by atoms with van der Waals surface area (Å²) >= 11 is 0. The second-order valence-corrected chi connectivity index (χ2v) is 21.0. The van der Waals surface area contributed by atoms with Crippen molar-refractivity contribution in [2.45, 2.75) is 174 Å². The largest absolute Gasteiger partial charge is 0.469 e. The van der Waals surface area contributed by atoms with Gasteiger partial charge in [0.05, 0.1) is 32.3 Å². The summed E-state index contributed by atoms with van der Waals surface area (Å²) in [7, 11) is 2.52. The van der Waals surface area contributed by atoms with E-state index in [1.807, 2.05) is 13.0 Å². The van der Waals surface area contributed by atoms with Crippen molar-refractivity contribution in [1.82, 2.24) is 0 Å². The highest BCUT2D eigenvalue weighted by atomic mass is 16.8. The molecular formula is C44H68O15. The normalized spacial score (nSPS) is 51.8. The van der Waals surface area contributed by atoms with Crippen molar-refractivity contribution < 1.29 is 73.4 Å². The fourth-order valence-electron chi connectivity index (χ4n) is 13.7. The SMILES string of the molecule is COC(=O)[C@H]1O[C@@H](O[C@H]2[C@@H](O[C@H]3CC[C@]4(C)[C@H]5C(=O)C=C6[C@H]7C[C@@](C)(C(=O)OC)CC[C@]7(C)CC[C@@]6(C)[C@]5(C)CC[C@H]4C3(C)C)O[C@H](CO)[C@H](O)[C@@H]2O)[C@H](O)[C@@H](O)[C@@H]1O. The van der Waals surface area contributed by atoms with E-state index in [0.29, 0.717) is 19.3 Å². The maximum absolute atomic E-state index is 14.9. The number of fused-ring (bicyclic) bond motifs is 7. The zero-order valence-corrected chi connectivity index (χ0v) is 36.1. The number of hydrogen-bond donors (Lipinski definition) is 6. The lowest BCUT2D eigenvalue weighted by Gasteiger charge is -2.70. The maximum atomic E-state index is 14.9. The van der Waals surface area contributed by atoms with Crippen LogP contribution in [0.1, 0.15) is 106 Å². The number of hydrogen-bond acceptors (Lipinski definition) is 15. The molecule has 4 saturated carbocycles. The number of ketones is 1. The Morgan fingerprint density at radius 1 is 0.763 bits per heavy atom. The van der Waals surface area contributed by atoms with Gasteiger partial charge in [-0.2, -0.15) is 0 Å². The second-order valence-electron chi connectivity index (χ2n) is 21.0. The van der Waals surface area contributed by atoms with Crippen molar-refractivity contribution >= 4 is 17.7 Å². The molecule has 6 fully saturated rings. The third-order valence-electron chi connectivity index (χ3n) is 17.6. The Morgan fingerprint density at radius 3 is 2.08 bits per heavy atom. The highest BCUT2D eigenvalue weighted by Crippen LogP contribution is 2.75. The molecule has 334 valence electrons. The van der Waals surface area contributed by atoms with Gasteiger partial charge in [-0.05, 0) is 110 Å². The lowest BCUT2D eigenvalue weighted by molar-refractivity contribution is -0.375. The topological polar surface area (TPSA) is 228 Å².